The molecule has 10 nitrogen and oxygen atoms in total. The minimum atomic E-state index is 0.643. The van der Waals surface area contributed by atoms with Gasteiger partial charge in [0.05, 0.1) is 12.4 Å². The Bertz CT molecular complexity index is 796. The molecular formula is C15H20N10. The average molecular weight is 340 g/mol. The number of tetrazole rings is 1. The second-order valence-corrected chi connectivity index (χ2v) is 5.90. The Morgan fingerprint density at radius 1 is 1.04 bits per heavy atom. The van der Waals surface area contributed by atoms with E-state index in [9.17, 15) is 0 Å². The quantitative estimate of drug-likeness (QED) is 0.618. The van der Waals surface area contributed by atoms with Crippen molar-refractivity contribution in [2.24, 2.45) is 0 Å². The molecule has 1 saturated heterocycles. The van der Waals surface area contributed by atoms with Crippen LogP contribution in [0, 0.1) is 0 Å². The van der Waals surface area contributed by atoms with Crippen molar-refractivity contribution >= 4 is 17.4 Å². The van der Waals surface area contributed by atoms with Gasteiger partial charge >= 0.3 is 0 Å². The van der Waals surface area contributed by atoms with Gasteiger partial charge in [0.15, 0.2) is 5.65 Å². The van der Waals surface area contributed by atoms with E-state index in [1.165, 1.54) is 0 Å². The number of aromatic nitrogens is 7. The summed E-state index contributed by atoms with van der Waals surface area (Å²) in [5.74, 6) is 1.64. The molecular weight excluding hydrogens is 320 g/mol. The number of anilines is 2. The van der Waals surface area contributed by atoms with Crippen molar-refractivity contribution in [1.82, 2.24) is 39.9 Å². The molecule has 3 aromatic rings. The van der Waals surface area contributed by atoms with Gasteiger partial charge in [-0.05, 0) is 29.5 Å². The van der Waals surface area contributed by atoms with Crippen LogP contribution in [0.1, 0.15) is 6.42 Å². The summed E-state index contributed by atoms with van der Waals surface area (Å²) in [5.41, 5.74) is 0.643. The highest BCUT2D eigenvalue weighted by Gasteiger charge is 2.18. The zero-order valence-electron chi connectivity index (χ0n) is 13.9. The third-order valence-corrected chi connectivity index (χ3v) is 4.27. The maximum Gasteiger partial charge on any atom is 0.225 e. The van der Waals surface area contributed by atoms with E-state index in [0.717, 1.165) is 57.5 Å². The van der Waals surface area contributed by atoms with E-state index >= 15 is 0 Å². The summed E-state index contributed by atoms with van der Waals surface area (Å²) in [7, 11) is 0. The summed E-state index contributed by atoms with van der Waals surface area (Å²) in [6.45, 7) is 5.89. The van der Waals surface area contributed by atoms with E-state index in [1.54, 1.807) is 29.3 Å². The van der Waals surface area contributed by atoms with Gasteiger partial charge < -0.3 is 10.2 Å². The summed E-state index contributed by atoms with van der Waals surface area (Å²) in [6.07, 6.45) is 8.00. The maximum absolute atomic E-state index is 4.32. The fourth-order valence-corrected chi connectivity index (χ4v) is 2.94. The molecule has 0 spiro atoms. The highest BCUT2D eigenvalue weighted by atomic mass is 15.5. The van der Waals surface area contributed by atoms with Gasteiger partial charge in [0.2, 0.25) is 5.95 Å². The smallest absolute Gasteiger partial charge is 0.225 e. The maximum atomic E-state index is 4.32. The number of nitrogens with zero attached hydrogens (tertiary/aromatic N) is 9. The lowest BCUT2D eigenvalue weighted by Crippen LogP contribution is -2.47. The monoisotopic (exact) mass is 340 g/mol. The van der Waals surface area contributed by atoms with E-state index in [-0.39, 0.29) is 0 Å². The first-order chi connectivity index (χ1) is 12.4. The highest BCUT2D eigenvalue weighted by molar-refractivity contribution is 5.43. The molecule has 0 aliphatic carbocycles. The van der Waals surface area contributed by atoms with Crippen LogP contribution in [0.3, 0.4) is 0 Å². The summed E-state index contributed by atoms with van der Waals surface area (Å²) in [5, 5.41) is 14.8. The molecule has 0 amide bonds. The number of fused-ring (bicyclic) bond motifs is 1. The first-order valence-corrected chi connectivity index (χ1v) is 8.40. The third-order valence-electron chi connectivity index (χ3n) is 4.27. The van der Waals surface area contributed by atoms with Crippen molar-refractivity contribution in [2.45, 2.75) is 6.42 Å². The molecule has 1 N–H and O–H groups in total. The average Bonchev–Trinajstić information content (AvgIpc) is 3.16. The molecule has 0 unspecified atom stereocenters. The van der Waals surface area contributed by atoms with Crippen LogP contribution in [0.15, 0.2) is 30.9 Å². The minimum Gasteiger partial charge on any atom is -0.369 e. The lowest BCUT2D eigenvalue weighted by Gasteiger charge is -2.34. The largest absolute Gasteiger partial charge is 0.369 e. The molecule has 3 aromatic heterocycles. The fraction of sp³-hybridized carbons (Fsp3) is 0.467. The van der Waals surface area contributed by atoms with Crippen LogP contribution in [-0.2, 0) is 0 Å². The van der Waals surface area contributed by atoms with Gasteiger partial charge in [-0.1, -0.05) is 0 Å². The minimum absolute atomic E-state index is 0.643. The first-order valence-electron chi connectivity index (χ1n) is 8.40. The van der Waals surface area contributed by atoms with Gasteiger partial charge in [0, 0.05) is 45.1 Å². The topological polar surface area (TPSA) is 100 Å². The molecule has 4 heterocycles. The summed E-state index contributed by atoms with van der Waals surface area (Å²) >= 11 is 0. The lowest BCUT2D eigenvalue weighted by atomic mass is 10.3. The van der Waals surface area contributed by atoms with Crippen molar-refractivity contribution in [3.05, 3.63) is 30.9 Å². The Kier molecular flexibility index (Phi) is 4.59. The number of rotatable bonds is 6. The molecule has 0 saturated carbocycles. The van der Waals surface area contributed by atoms with Gasteiger partial charge in [0.25, 0.3) is 0 Å². The molecule has 4 rings (SSSR count). The molecule has 1 aliphatic heterocycles. The van der Waals surface area contributed by atoms with Crippen LogP contribution in [0.5, 0.6) is 0 Å². The summed E-state index contributed by atoms with van der Waals surface area (Å²) in [4.78, 5) is 17.5. The molecule has 0 atom stereocenters. The first kappa shape index (κ1) is 15.6. The predicted octanol–water partition coefficient (Wildman–Crippen LogP) is -0.0665. The molecule has 1 aliphatic rings. The van der Waals surface area contributed by atoms with E-state index < -0.39 is 0 Å². The van der Waals surface area contributed by atoms with Crippen molar-refractivity contribution in [1.29, 1.82) is 0 Å². The second-order valence-electron chi connectivity index (χ2n) is 5.90. The molecule has 0 aromatic carbocycles. The van der Waals surface area contributed by atoms with Crippen molar-refractivity contribution in [3.63, 3.8) is 0 Å². The Hall–Kier alpha value is -2.88. The molecule has 10 heteroatoms. The predicted molar refractivity (Wildman–Crippen MR) is 92.4 cm³/mol. The van der Waals surface area contributed by atoms with Gasteiger partial charge in [-0.3, -0.25) is 9.88 Å². The number of piperazine rings is 1. The van der Waals surface area contributed by atoms with Gasteiger partial charge in [-0.25, -0.2) is 9.97 Å². The third kappa shape index (κ3) is 3.63. The molecule has 0 radical (unpaired) electrons. The van der Waals surface area contributed by atoms with E-state index in [1.807, 2.05) is 6.07 Å². The van der Waals surface area contributed by atoms with E-state index in [0.29, 0.717) is 5.65 Å². The Balaban J connectivity index is 1.21. The summed E-state index contributed by atoms with van der Waals surface area (Å²) < 4.78 is 1.66. The SMILES string of the molecule is c1cnc(N2CCN(CCCNc3cncc4nnnn34)CC2)nc1. The van der Waals surface area contributed by atoms with Gasteiger partial charge in [-0.15, -0.1) is 5.10 Å². The molecule has 0 bridgehead atoms. The van der Waals surface area contributed by atoms with E-state index in [2.05, 4.69) is 45.6 Å². The van der Waals surface area contributed by atoms with Crippen LogP contribution in [0.2, 0.25) is 0 Å². The number of nitrogens with one attached hydrogen (secondary N) is 1. The summed E-state index contributed by atoms with van der Waals surface area (Å²) in [6, 6.07) is 1.85. The molecule has 130 valence electrons. The number of hydrogen-bond donors (Lipinski definition) is 1. The second kappa shape index (κ2) is 7.34. The van der Waals surface area contributed by atoms with Crippen molar-refractivity contribution in [3.8, 4) is 0 Å². The zero-order valence-corrected chi connectivity index (χ0v) is 13.9. The lowest BCUT2D eigenvalue weighted by molar-refractivity contribution is 0.256. The standard InChI is InChI=1S/C15H20N10/c1-3-18-15(19-4-1)24-9-7-23(8-10-24)6-2-5-17-13-11-16-12-14-20-21-22-25(13)14/h1,3-4,11-12,17H,2,5-10H2. The van der Waals surface area contributed by atoms with Crippen LogP contribution < -0.4 is 10.2 Å². The van der Waals surface area contributed by atoms with Crippen molar-refractivity contribution < 1.29 is 0 Å². The highest BCUT2D eigenvalue weighted by Crippen LogP contribution is 2.10. The fourth-order valence-electron chi connectivity index (χ4n) is 2.94. The van der Waals surface area contributed by atoms with Crippen molar-refractivity contribution in [2.75, 3.05) is 49.5 Å². The van der Waals surface area contributed by atoms with Crippen LogP contribution in [0.25, 0.3) is 5.65 Å². The Morgan fingerprint density at radius 2 is 1.88 bits per heavy atom. The van der Waals surface area contributed by atoms with Gasteiger partial charge in [0.1, 0.15) is 5.82 Å². The van der Waals surface area contributed by atoms with Crippen LogP contribution in [-0.4, -0.2) is 79.2 Å². The van der Waals surface area contributed by atoms with Gasteiger partial charge in [-0.2, -0.15) is 4.52 Å². The Labute approximate surface area is 144 Å². The zero-order chi connectivity index (χ0) is 16.9. The molecule has 1 fully saturated rings. The number of hydrogen-bond acceptors (Lipinski definition) is 9. The normalized spacial score (nSPS) is 15.6. The molecule has 25 heavy (non-hydrogen) atoms. The van der Waals surface area contributed by atoms with E-state index in [4.69, 9.17) is 0 Å². The van der Waals surface area contributed by atoms with Crippen LogP contribution in [0.4, 0.5) is 11.8 Å². The Morgan fingerprint density at radius 3 is 2.72 bits per heavy atom. The van der Waals surface area contributed by atoms with Crippen LogP contribution >= 0.6 is 0 Å².